The fraction of sp³-hybridized carbons (Fsp3) is 0.500. The molecule has 1 aromatic carbocycles. The Morgan fingerprint density at radius 3 is 2.71 bits per heavy atom. The summed E-state index contributed by atoms with van der Waals surface area (Å²) in [7, 11) is 0. The standard InChI is InChI=1S/C12H16FN/c1-2-10-7-9(3-4-11(10)13)8-12(14)5-6-12/h3-4,7H,2,5-6,8,14H2,1H3. The van der Waals surface area contributed by atoms with E-state index in [1.54, 1.807) is 6.07 Å². The van der Waals surface area contributed by atoms with Crippen LogP contribution in [0.1, 0.15) is 30.9 Å². The predicted octanol–water partition coefficient (Wildman–Crippen LogP) is 2.42. The van der Waals surface area contributed by atoms with Gasteiger partial charge in [-0.05, 0) is 42.9 Å². The maximum absolute atomic E-state index is 13.2. The molecule has 1 nitrogen and oxygen atoms in total. The van der Waals surface area contributed by atoms with Crippen molar-refractivity contribution in [3.05, 3.63) is 35.1 Å². The van der Waals surface area contributed by atoms with Crippen LogP contribution in [-0.2, 0) is 12.8 Å². The number of rotatable bonds is 3. The van der Waals surface area contributed by atoms with Crippen molar-refractivity contribution < 1.29 is 4.39 Å². The van der Waals surface area contributed by atoms with Gasteiger partial charge in [-0.2, -0.15) is 0 Å². The molecule has 2 N–H and O–H groups in total. The molecule has 0 unspecified atom stereocenters. The van der Waals surface area contributed by atoms with Gasteiger partial charge in [-0.1, -0.05) is 19.1 Å². The van der Waals surface area contributed by atoms with E-state index in [0.717, 1.165) is 31.2 Å². The van der Waals surface area contributed by atoms with Crippen LogP contribution in [0.2, 0.25) is 0 Å². The van der Waals surface area contributed by atoms with E-state index in [1.165, 1.54) is 5.56 Å². The lowest BCUT2D eigenvalue weighted by Crippen LogP contribution is -2.24. The highest BCUT2D eigenvalue weighted by Gasteiger charge is 2.37. The van der Waals surface area contributed by atoms with E-state index in [-0.39, 0.29) is 11.4 Å². The molecule has 0 aliphatic heterocycles. The third-order valence-electron chi connectivity index (χ3n) is 2.94. The first-order chi connectivity index (χ1) is 6.63. The lowest BCUT2D eigenvalue weighted by Gasteiger charge is -2.09. The summed E-state index contributed by atoms with van der Waals surface area (Å²) < 4.78 is 13.2. The number of benzene rings is 1. The molecule has 1 aliphatic carbocycles. The minimum absolute atomic E-state index is 0.0167. The van der Waals surface area contributed by atoms with Crippen molar-refractivity contribution in [1.82, 2.24) is 0 Å². The van der Waals surface area contributed by atoms with Gasteiger partial charge < -0.3 is 5.73 Å². The van der Waals surface area contributed by atoms with Crippen LogP contribution < -0.4 is 5.73 Å². The quantitative estimate of drug-likeness (QED) is 0.783. The van der Waals surface area contributed by atoms with Gasteiger partial charge in [-0.15, -0.1) is 0 Å². The Balaban J connectivity index is 2.18. The molecule has 76 valence electrons. The van der Waals surface area contributed by atoms with Crippen molar-refractivity contribution in [3.8, 4) is 0 Å². The Hall–Kier alpha value is -0.890. The van der Waals surface area contributed by atoms with Crippen LogP contribution in [0.25, 0.3) is 0 Å². The molecular weight excluding hydrogens is 177 g/mol. The molecule has 1 aromatic rings. The molecule has 0 amide bonds. The zero-order valence-electron chi connectivity index (χ0n) is 8.52. The smallest absolute Gasteiger partial charge is 0.126 e. The molecule has 2 heteroatoms. The number of aryl methyl sites for hydroxylation is 1. The Bertz CT molecular complexity index is 342. The summed E-state index contributed by atoms with van der Waals surface area (Å²) in [6, 6.07) is 5.35. The second kappa shape index (κ2) is 3.35. The van der Waals surface area contributed by atoms with E-state index in [4.69, 9.17) is 5.73 Å². The van der Waals surface area contributed by atoms with Gasteiger partial charge in [0.05, 0.1) is 0 Å². The van der Waals surface area contributed by atoms with Crippen molar-refractivity contribution in [2.24, 2.45) is 5.73 Å². The molecule has 0 spiro atoms. The number of nitrogens with two attached hydrogens (primary N) is 1. The maximum atomic E-state index is 13.2. The summed E-state index contributed by atoms with van der Waals surface area (Å²) in [4.78, 5) is 0. The third-order valence-corrected chi connectivity index (χ3v) is 2.94. The van der Waals surface area contributed by atoms with E-state index in [0.29, 0.717) is 0 Å². The van der Waals surface area contributed by atoms with Gasteiger partial charge in [0.15, 0.2) is 0 Å². The molecule has 0 aromatic heterocycles. The van der Waals surface area contributed by atoms with E-state index in [2.05, 4.69) is 0 Å². The van der Waals surface area contributed by atoms with Crippen molar-refractivity contribution in [2.75, 3.05) is 0 Å². The molecular formula is C12H16FN. The number of hydrogen-bond acceptors (Lipinski definition) is 1. The summed E-state index contributed by atoms with van der Waals surface area (Å²) in [6.07, 6.45) is 3.84. The second-order valence-electron chi connectivity index (χ2n) is 4.32. The Morgan fingerprint density at radius 2 is 2.14 bits per heavy atom. The van der Waals surface area contributed by atoms with Crippen molar-refractivity contribution in [2.45, 2.75) is 38.1 Å². The van der Waals surface area contributed by atoms with E-state index >= 15 is 0 Å². The highest BCUT2D eigenvalue weighted by molar-refractivity contribution is 5.27. The van der Waals surface area contributed by atoms with Crippen LogP contribution in [0.5, 0.6) is 0 Å². The molecule has 0 bridgehead atoms. The Morgan fingerprint density at radius 1 is 1.43 bits per heavy atom. The van der Waals surface area contributed by atoms with Crippen LogP contribution in [0.4, 0.5) is 4.39 Å². The normalized spacial score (nSPS) is 18.2. The van der Waals surface area contributed by atoms with Gasteiger partial charge in [-0.25, -0.2) is 4.39 Å². The lowest BCUT2D eigenvalue weighted by atomic mass is 10.0. The molecule has 0 heterocycles. The highest BCUT2D eigenvalue weighted by atomic mass is 19.1. The summed E-state index contributed by atoms with van der Waals surface area (Å²) in [5.41, 5.74) is 8.00. The average Bonchev–Trinajstić information content (AvgIpc) is 2.87. The SMILES string of the molecule is CCc1cc(CC2(N)CC2)ccc1F. The van der Waals surface area contributed by atoms with Gasteiger partial charge in [0.2, 0.25) is 0 Å². The lowest BCUT2D eigenvalue weighted by molar-refractivity contribution is 0.608. The molecule has 1 saturated carbocycles. The molecule has 14 heavy (non-hydrogen) atoms. The zero-order chi connectivity index (χ0) is 10.2. The monoisotopic (exact) mass is 193 g/mol. The summed E-state index contributed by atoms with van der Waals surface area (Å²) in [5.74, 6) is -0.0990. The molecule has 2 rings (SSSR count). The molecule has 0 atom stereocenters. The van der Waals surface area contributed by atoms with Crippen molar-refractivity contribution in [1.29, 1.82) is 0 Å². The molecule has 1 aliphatic rings. The third kappa shape index (κ3) is 1.95. The first kappa shape index (κ1) is 9.66. The minimum Gasteiger partial charge on any atom is -0.325 e. The molecule has 1 fully saturated rings. The minimum atomic E-state index is -0.0990. The summed E-state index contributed by atoms with van der Waals surface area (Å²) >= 11 is 0. The van der Waals surface area contributed by atoms with Crippen LogP contribution in [0.3, 0.4) is 0 Å². The van der Waals surface area contributed by atoms with Crippen LogP contribution >= 0.6 is 0 Å². The first-order valence-electron chi connectivity index (χ1n) is 5.19. The highest BCUT2D eigenvalue weighted by Crippen LogP contribution is 2.35. The van der Waals surface area contributed by atoms with Crippen molar-refractivity contribution >= 4 is 0 Å². The van der Waals surface area contributed by atoms with E-state index in [1.807, 2.05) is 19.1 Å². The average molecular weight is 193 g/mol. The van der Waals surface area contributed by atoms with Gasteiger partial charge in [0.25, 0.3) is 0 Å². The summed E-state index contributed by atoms with van der Waals surface area (Å²) in [6.45, 7) is 1.97. The molecule has 0 saturated heterocycles. The topological polar surface area (TPSA) is 26.0 Å². The van der Waals surface area contributed by atoms with Crippen LogP contribution in [0, 0.1) is 5.82 Å². The fourth-order valence-corrected chi connectivity index (χ4v) is 1.75. The number of hydrogen-bond donors (Lipinski definition) is 1. The van der Waals surface area contributed by atoms with Gasteiger partial charge >= 0.3 is 0 Å². The zero-order valence-corrected chi connectivity index (χ0v) is 8.52. The maximum Gasteiger partial charge on any atom is 0.126 e. The van der Waals surface area contributed by atoms with Gasteiger partial charge in [0, 0.05) is 5.54 Å². The van der Waals surface area contributed by atoms with Crippen molar-refractivity contribution in [3.63, 3.8) is 0 Å². The second-order valence-corrected chi connectivity index (χ2v) is 4.32. The number of halogens is 1. The van der Waals surface area contributed by atoms with E-state index in [9.17, 15) is 4.39 Å². The van der Waals surface area contributed by atoms with Gasteiger partial charge in [0.1, 0.15) is 5.82 Å². The largest absolute Gasteiger partial charge is 0.325 e. The first-order valence-corrected chi connectivity index (χ1v) is 5.19. The predicted molar refractivity (Wildman–Crippen MR) is 55.6 cm³/mol. The van der Waals surface area contributed by atoms with E-state index < -0.39 is 0 Å². The van der Waals surface area contributed by atoms with Crippen LogP contribution in [0.15, 0.2) is 18.2 Å². The van der Waals surface area contributed by atoms with Gasteiger partial charge in [-0.3, -0.25) is 0 Å². The Kier molecular flexibility index (Phi) is 2.31. The fourth-order valence-electron chi connectivity index (χ4n) is 1.75. The Labute approximate surface area is 84.1 Å². The van der Waals surface area contributed by atoms with Crippen LogP contribution in [-0.4, -0.2) is 5.54 Å². The summed E-state index contributed by atoms with van der Waals surface area (Å²) in [5, 5.41) is 0. The molecule has 0 radical (unpaired) electrons.